The predicted octanol–water partition coefficient (Wildman–Crippen LogP) is 5.24. The summed E-state index contributed by atoms with van der Waals surface area (Å²) < 4.78 is 11.6. The maximum absolute atomic E-state index is 12.2. The molecule has 0 aromatic heterocycles. The quantitative estimate of drug-likeness (QED) is 0.208. The van der Waals surface area contributed by atoms with Crippen LogP contribution < -0.4 is 14.9 Å². The number of rotatable bonds is 7. The van der Waals surface area contributed by atoms with Gasteiger partial charge in [-0.1, -0.05) is 23.7 Å². The van der Waals surface area contributed by atoms with Crippen LogP contribution in [0.15, 0.2) is 82.4 Å². The van der Waals surface area contributed by atoms with Gasteiger partial charge in [-0.3, -0.25) is 4.79 Å². The summed E-state index contributed by atoms with van der Waals surface area (Å²) in [6, 6.07) is 20.5. The minimum Gasteiger partial charge on any atom is -0.481 e. The van der Waals surface area contributed by atoms with Crippen LogP contribution in [0.1, 0.15) is 22.8 Å². The summed E-state index contributed by atoms with van der Waals surface area (Å²) in [5.41, 5.74) is 3.58. The van der Waals surface area contributed by atoms with E-state index in [1.807, 2.05) is 6.07 Å². The van der Waals surface area contributed by atoms with Gasteiger partial charge in [0.25, 0.3) is 5.91 Å². The Morgan fingerprint density at radius 3 is 2.32 bits per heavy atom. The molecule has 0 saturated heterocycles. The number of nitrogens with zero attached hydrogens (tertiary/aromatic N) is 1. The monoisotopic (exact) mass is 500 g/mol. The molecular formula is C23H18BrClN2O4. The molecule has 0 heterocycles. The molecule has 0 bridgehead atoms. The highest BCUT2D eigenvalue weighted by Gasteiger charge is 2.14. The molecule has 1 amide bonds. The van der Waals surface area contributed by atoms with Crippen LogP contribution in [0, 0.1) is 0 Å². The number of esters is 1. The summed E-state index contributed by atoms with van der Waals surface area (Å²) in [5.74, 6) is 0.0663. The number of halogens is 2. The summed E-state index contributed by atoms with van der Waals surface area (Å²) in [6.07, 6.45) is 0.740. The molecule has 31 heavy (non-hydrogen) atoms. The zero-order valence-corrected chi connectivity index (χ0v) is 18.8. The lowest BCUT2D eigenvalue weighted by atomic mass is 10.2. The highest BCUT2D eigenvalue weighted by molar-refractivity contribution is 9.10. The summed E-state index contributed by atoms with van der Waals surface area (Å²) in [7, 11) is 0. The van der Waals surface area contributed by atoms with Gasteiger partial charge in [-0.25, -0.2) is 10.2 Å². The number of hydrogen-bond acceptors (Lipinski definition) is 5. The first-order valence-corrected chi connectivity index (χ1v) is 10.4. The minimum absolute atomic E-state index is 0.395. The third kappa shape index (κ3) is 6.67. The Morgan fingerprint density at radius 1 is 1.00 bits per heavy atom. The molecule has 6 nitrogen and oxygen atoms in total. The van der Waals surface area contributed by atoms with Gasteiger partial charge in [-0.15, -0.1) is 0 Å². The van der Waals surface area contributed by atoms with Gasteiger partial charge in [0.05, 0.1) is 11.8 Å². The number of amides is 1. The summed E-state index contributed by atoms with van der Waals surface area (Å²) >= 11 is 9.15. The normalized spacial score (nSPS) is 11.7. The van der Waals surface area contributed by atoms with Crippen molar-refractivity contribution >= 4 is 45.6 Å². The number of benzene rings is 3. The Balaban J connectivity index is 1.51. The molecule has 0 aliphatic heterocycles. The average molecular weight is 502 g/mol. The van der Waals surface area contributed by atoms with Crippen molar-refractivity contribution in [1.29, 1.82) is 0 Å². The van der Waals surface area contributed by atoms with Gasteiger partial charge in [0, 0.05) is 9.50 Å². The molecule has 158 valence electrons. The van der Waals surface area contributed by atoms with Crippen LogP contribution in [-0.2, 0) is 4.79 Å². The topological polar surface area (TPSA) is 77.0 Å². The lowest BCUT2D eigenvalue weighted by molar-refractivity contribution is -0.127. The van der Waals surface area contributed by atoms with E-state index in [9.17, 15) is 9.59 Å². The Bertz CT molecular complexity index is 1090. The van der Waals surface area contributed by atoms with Crippen LogP contribution in [0.2, 0.25) is 5.02 Å². The van der Waals surface area contributed by atoms with E-state index in [1.165, 1.54) is 6.21 Å². The molecule has 0 saturated carbocycles. The van der Waals surface area contributed by atoms with Crippen molar-refractivity contribution in [3.63, 3.8) is 0 Å². The van der Waals surface area contributed by atoms with Crippen molar-refractivity contribution in [2.24, 2.45) is 5.10 Å². The van der Waals surface area contributed by atoms with E-state index in [1.54, 1.807) is 73.7 Å². The molecule has 0 radical (unpaired) electrons. The molecule has 0 unspecified atom stereocenters. The van der Waals surface area contributed by atoms with Crippen molar-refractivity contribution in [3.8, 4) is 11.5 Å². The minimum atomic E-state index is -0.738. The third-order valence-electron chi connectivity index (χ3n) is 4.07. The molecule has 3 aromatic carbocycles. The second-order valence-electron chi connectivity index (χ2n) is 6.39. The molecule has 3 rings (SSSR count). The van der Waals surface area contributed by atoms with E-state index >= 15 is 0 Å². The molecule has 3 aromatic rings. The van der Waals surface area contributed by atoms with Crippen LogP contribution in [0.3, 0.4) is 0 Å². The summed E-state index contributed by atoms with van der Waals surface area (Å²) in [6.45, 7) is 1.62. The molecule has 0 fully saturated rings. The predicted molar refractivity (Wildman–Crippen MR) is 123 cm³/mol. The lowest BCUT2D eigenvalue weighted by Crippen LogP contribution is -2.33. The van der Waals surface area contributed by atoms with E-state index in [0.29, 0.717) is 32.1 Å². The van der Waals surface area contributed by atoms with Crippen molar-refractivity contribution in [1.82, 2.24) is 5.43 Å². The smallest absolute Gasteiger partial charge is 0.344 e. The Hall–Kier alpha value is -3.16. The number of carbonyl (C=O) groups excluding carboxylic acids is 2. The molecule has 1 N–H and O–H groups in total. The summed E-state index contributed by atoms with van der Waals surface area (Å²) in [4.78, 5) is 24.3. The van der Waals surface area contributed by atoms with E-state index in [0.717, 1.165) is 0 Å². The standard InChI is InChI=1S/C23H18BrClN2O4/c1-15(30-18-12-8-17(25)9-13-18)22(28)27-26-14-16-6-10-19(11-7-16)31-23(29)20-4-2-3-5-21(20)24/h2-15H,1H3,(H,27,28)/b26-14-/t15-/m1/s1. The van der Waals surface area contributed by atoms with Crippen molar-refractivity contribution in [2.45, 2.75) is 13.0 Å². The van der Waals surface area contributed by atoms with E-state index in [2.05, 4.69) is 26.5 Å². The lowest BCUT2D eigenvalue weighted by Gasteiger charge is -2.12. The zero-order chi connectivity index (χ0) is 22.2. The van der Waals surface area contributed by atoms with Crippen LogP contribution in [0.25, 0.3) is 0 Å². The van der Waals surface area contributed by atoms with Gasteiger partial charge in [0.1, 0.15) is 11.5 Å². The van der Waals surface area contributed by atoms with Crippen LogP contribution in [0.4, 0.5) is 0 Å². The average Bonchev–Trinajstić information content (AvgIpc) is 2.76. The Labute approximate surface area is 193 Å². The largest absolute Gasteiger partial charge is 0.481 e. The SMILES string of the molecule is C[C@@H](Oc1ccc(Cl)cc1)C(=O)N/N=C\c1ccc(OC(=O)c2ccccc2Br)cc1. The maximum Gasteiger partial charge on any atom is 0.344 e. The molecule has 0 spiro atoms. The number of hydrazone groups is 1. The fraction of sp³-hybridized carbons (Fsp3) is 0.0870. The van der Waals surface area contributed by atoms with Gasteiger partial charge >= 0.3 is 5.97 Å². The molecular weight excluding hydrogens is 484 g/mol. The van der Waals surface area contributed by atoms with Crippen LogP contribution >= 0.6 is 27.5 Å². The highest BCUT2D eigenvalue weighted by atomic mass is 79.9. The van der Waals surface area contributed by atoms with Gasteiger partial charge < -0.3 is 9.47 Å². The fourth-order valence-electron chi connectivity index (χ4n) is 2.44. The van der Waals surface area contributed by atoms with Gasteiger partial charge in [0.15, 0.2) is 6.10 Å². The first-order valence-electron chi connectivity index (χ1n) is 9.24. The number of carbonyl (C=O) groups is 2. The zero-order valence-electron chi connectivity index (χ0n) is 16.4. The first-order chi connectivity index (χ1) is 14.9. The van der Waals surface area contributed by atoms with E-state index in [4.69, 9.17) is 21.1 Å². The second kappa shape index (κ2) is 10.7. The van der Waals surface area contributed by atoms with Crippen LogP contribution in [-0.4, -0.2) is 24.2 Å². The van der Waals surface area contributed by atoms with Crippen LogP contribution in [0.5, 0.6) is 11.5 Å². The Morgan fingerprint density at radius 2 is 1.65 bits per heavy atom. The molecule has 0 aliphatic carbocycles. The molecule has 8 heteroatoms. The Kier molecular flexibility index (Phi) is 7.81. The van der Waals surface area contributed by atoms with Gasteiger partial charge in [0.2, 0.25) is 0 Å². The van der Waals surface area contributed by atoms with Crippen molar-refractivity contribution in [2.75, 3.05) is 0 Å². The number of ether oxygens (including phenoxy) is 2. The number of nitrogens with one attached hydrogen (secondary N) is 1. The first kappa shape index (κ1) is 22.5. The van der Waals surface area contributed by atoms with Gasteiger partial charge in [-0.05, 0) is 89.1 Å². The third-order valence-corrected chi connectivity index (χ3v) is 5.01. The second-order valence-corrected chi connectivity index (χ2v) is 7.68. The molecule has 1 atom stereocenters. The molecule has 0 aliphatic rings. The van der Waals surface area contributed by atoms with Crippen molar-refractivity contribution in [3.05, 3.63) is 93.4 Å². The van der Waals surface area contributed by atoms with E-state index in [-0.39, 0.29) is 0 Å². The van der Waals surface area contributed by atoms with E-state index < -0.39 is 18.0 Å². The van der Waals surface area contributed by atoms with Crippen molar-refractivity contribution < 1.29 is 19.1 Å². The fourth-order valence-corrected chi connectivity index (χ4v) is 3.02. The maximum atomic E-state index is 12.2. The number of hydrogen-bond donors (Lipinski definition) is 1. The highest BCUT2D eigenvalue weighted by Crippen LogP contribution is 2.19. The van der Waals surface area contributed by atoms with Gasteiger partial charge in [-0.2, -0.15) is 5.10 Å². The summed E-state index contributed by atoms with van der Waals surface area (Å²) in [5, 5.41) is 4.51.